The van der Waals surface area contributed by atoms with Gasteiger partial charge in [0.2, 0.25) is 0 Å². The Kier molecular flexibility index (Phi) is 5.51. The van der Waals surface area contributed by atoms with E-state index >= 15 is 0 Å². The summed E-state index contributed by atoms with van der Waals surface area (Å²) in [5.41, 5.74) is 0. The van der Waals surface area contributed by atoms with Crippen molar-refractivity contribution in [2.75, 3.05) is 6.54 Å². The Morgan fingerprint density at radius 1 is 1.38 bits per heavy atom. The molecule has 0 radical (unpaired) electrons. The number of alkyl halides is 3. The second kappa shape index (κ2) is 6.42. The van der Waals surface area contributed by atoms with Crippen molar-refractivity contribution in [3.8, 4) is 0 Å². The number of nitrogens with zero attached hydrogens (tertiary/aromatic N) is 1. The molecule has 0 aliphatic rings. The maximum atomic E-state index is 11.8. The molecule has 16 heavy (non-hydrogen) atoms. The molecular formula is C9H12ClF3N2S. The summed E-state index contributed by atoms with van der Waals surface area (Å²) >= 11 is 7.04. The molecule has 1 aromatic heterocycles. The van der Waals surface area contributed by atoms with Gasteiger partial charge in [-0.05, 0) is 19.4 Å². The third kappa shape index (κ3) is 6.30. The van der Waals surface area contributed by atoms with Gasteiger partial charge in [0.1, 0.15) is 9.34 Å². The lowest BCUT2D eigenvalue weighted by atomic mass is 10.2. The van der Waals surface area contributed by atoms with Crippen molar-refractivity contribution in [1.29, 1.82) is 0 Å². The average molecular weight is 273 g/mol. The van der Waals surface area contributed by atoms with Crippen molar-refractivity contribution in [1.82, 2.24) is 10.3 Å². The number of thiazole rings is 1. The molecule has 0 saturated carbocycles. The fraction of sp³-hybridized carbons (Fsp3) is 0.667. The minimum atomic E-state index is -4.04. The first-order valence-corrected chi connectivity index (χ1v) is 6.04. The summed E-state index contributed by atoms with van der Waals surface area (Å²) in [5, 5.41) is 3.87. The molecule has 0 aliphatic heterocycles. The number of hydrogen-bond acceptors (Lipinski definition) is 3. The van der Waals surface area contributed by atoms with E-state index in [1.54, 1.807) is 6.20 Å². The summed E-state index contributed by atoms with van der Waals surface area (Å²) in [7, 11) is 0. The molecule has 7 heteroatoms. The third-order valence-corrected chi connectivity index (χ3v) is 2.98. The van der Waals surface area contributed by atoms with Gasteiger partial charge >= 0.3 is 6.18 Å². The van der Waals surface area contributed by atoms with Gasteiger partial charge in [-0.25, -0.2) is 4.98 Å². The Labute approximate surface area is 101 Å². The molecule has 0 fully saturated rings. The molecule has 0 bridgehead atoms. The van der Waals surface area contributed by atoms with Crippen molar-refractivity contribution in [3.05, 3.63) is 15.5 Å². The van der Waals surface area contributed by atoms with E-state index in [-0.39, 0.29) is 6.42 Å². The molecule has 1 N–H and O–H groups in total. The molecule has 0 amide bonds. The van der Waals surface area contributed by atoms with Crippen LogP contribution >= 0.6 is 22.9 Å². The maximum Gasteiger partial charge on any atom is 0.389 e. The van der Waals surface area contributed by atoms with Crippen LogP contribution in [0.5, 0.6) is 0 Å². The molecule has 2 nitrogen and oxygen atoms in total. The van der Waals surface area contributed by atoms with E-state index in [1.165, 1.54) is 11.3 Å². The fourth-order valence-electron chi connectivity index (χ4n) is 1.14. The Hall–Kier alpha value is -0.330. The largest absolute Gasteiger partial charge is 0.389 e. The van der Waals surface area contributed by atoms with Crippen LogP contribution in [0.4, 0.5) is 13.2 Å². The summed E-state index contributed by atoms with van der Waals surface area (Å²) in [4.78, 5) is 4.02. The standard InChI is InChI=1S/C9H12ClF3N2S/c10-7-5-15-8(16-7)6-14-4-2-1-3-9(11,12)13/h5,14H,1-4,6H2. The van der Waals surface area contributed by atoms with Crippen LogP contribution in [0.1, 0.15) is 24.3 Å². The molecule has 0 spiro atoms. The van der Waals surface area contributed by atoms with Crippen molar-refractivity contribution in [3.63, 3.8) is 0 Å². The van der Waals surface area contributed by atoms with Crippen LogP contribution < -0.4 is 5.32 Å². The molecule has 1 heterocycles. The minimum Gasteiger partial charge on any atom is -0.310 e. The zero-order valence-electron chi connectivity index (χ0n) is 8.48. The average Bonchev–Trinajstić information content (AvgIpc) is 2.56. The van der Waals surface area contributed by atoms with Crippen LogP contribution in [0.15, 0.2) is 6.20 Å². The molecule has 1 rings (SSSR count). The van der Waals surface area contributed by atoms with Gasteiger partial charge < -0.3 is 5.32 Å². The Bertz CT molecular complexity index is 314. The van der Waals surface area contributed by atoms with Crippen LogP contribution in [0.25, 0.3) is 0 Å². The van der Waals surface area contributed by atoms with Crippen LogP contribution in [-0.4, -0.2) is 17.7 Å². The summed E-state index contributed by atoms with van der Waals surface area (Å²) in [6.45, 7) is 1.12. The van der Waals surface area contributed by atoms with Gasteiger partial charge in [-0.1, -0.05) is 11.6 Å². The highest BCUT2D eigenvalue weighted by molar-refractivity contribution is 7.15. The topological polar surface area (TPSA) is 24.9 Å². The fourth-order valence-corrected chi connectivity index (χ4v) is 2.07. The Balaban J connectivity index is 2.00. The number of aromatic nitrogens is 1. The monoisotopic (exact) mass is 272 g/mol. The smallest absolute Gasteiger partial charge is 0.310 e. The highest BCUT2D eigenvalue weighted by atomic mass is 35.5. The highest BCUT2D eigenvalue weighted by Gasteiger charge is 2.25. The lowest BCUT2D eigenvalue weighted by molar-refractivity contribution is -0.135. The number of unbranched alkanes of at least 4 members (excludes halogenated alkanes) is 1. The van der Waals surface area contributed by atoms with Gasteiger partial charge in [-0.3, -0.25) is 0 Å². The zero-order valence-corrected chi connectivity index (χ0v) is 10.1. The predicted molar refractivity (Wildman–Crippen MR) is 58.7 cm³/mol. The molecule has 0 aliphatic carbocycles. The molecule has 1 aromatic rings. The van der Waals surface area contributed by atoms with Gasteiger partial charge in [0.05, 0.1) is 6.20 Å². The SMILES string of the molecule is FC(F)(F)CCCCNCc1ncc(Cl)s1. The van der Waals surface area contributed by atoms with Crippen molar-refractivity contribution in [2.24, 2.45) is 0 Å². The van der Waals surface area contributed by atoms with Crippen molar-refractivity contribution in [2.45, 2.75) is 32.0 Å². The van der Waals surface area contributed by atoms with Crippen molar-refractivity contribution >= 4 is 22.9 Å². The van der Waals surface area contributed by atoms with E-state index in [4.69, 9.17) is 11.6 Å². The van der Waals surface area contributed by atoms with Gasteiger partial charge in [0, 0.05) is 13.0 Å². The van der Waals surface area contributed by atoms with Crippen LogP contribution in [0, 0.1) is 0 Å². The first-order chi connectivity index (χ1) is 7.47. The summed E-state index contributed by atoms with van der Waals surface area (Å²) < 4.78 is 36.0. The number of halogens is 4. The van der Waals surface area contributed by atoms with E-state index < -0.39 is 12.6 Å². The lowest BCUT2D eigenvalue weighted by Gasteiger charge is -2.05. The third-order valence-electron chi connectivity index (χ3n) is 1.87. The first-order valence-electron chi connectivity index (χ1n) is 4.85. The number of rotatable bonds is 6. The van der Waals surface area contributed by atoms with Crippen LogP contribution in [0.2, 0.25) is 4.34 Å². The second-order valence-corrected chi connectivity index (χ2v) is 5.05. The molecule has 0 atom stereocenters. The zero-order chi connectivity index (χ0) is 12.0. The quantitative estimate of drug-likeness (QED) is 0.800. The predicted octanol–water partition coefficient (Wildman–Crippen LogP) is 3.62. The second-order valence-electron chi connectivity index (χ2n) is 3.31. The first kappa shape index (κ1) is 13.7. The van der Waals surface area contributed by atoms with E-state index in [0.29, 0.717) is 23.8 Å². The van der Waals surface area contributed by atoms with E-state index in [1.807, 2.05) is 0 Å². The summed E-state index contributed by atoms with van der Waals surface area (Å²) in [6, 6.07) is 0. The van der Waals surface area contributed by atoms with Gasteiger partial charge in [0.25, 0.3) is 0 Å². The van der Waals surface area contributed by atoms with E-state index in [2.05, 4.69) is 10.3 Å². The van der Waals surface area contributed by atoms with Crippen LogP contribution in [-0.2, 0) is 6.54 Å². The van der Waals surface area contributed by atoms with Gasteiger partial charge in [-0.15, -0.1) is 11.3 Å². The normalized spacial score (nSPS) is 12.0. The molecule has 0 aromatic carbocycles. The summed E-state index contributed by atoms with van der Waals surface area (Å²) in [6.07, 6.45) is -2.51. The van der Waals surface area contributed by atoms with Crippen LogP contribution in [0.3, 0.4) is 0 Å². The molecule has 0 unspecified atom stereocenters. The molecule has 0 saturated heterocycles. The Morgan fingerprint density at radius 2 is 2.12 bits per heavy atom. The summed E-state index contributed by atoms with van der Waals surface area (Å²) in [5.74, 6) is 0. The Morgan fingerprint density at radius 3 is 2.69 bits per heavy atom. The number of hydrogen-bond donors (Lipinski definition) is 1. The number of nitrogens with one attached hydrogen (secondary N) is 1. The molecular weight excluding hydrogens is 261 g/mol. The maximum absolute atomic E-state index is 11.8. The van der Waals surface area contributed by atoms with Crippen molar-refractivity contribution < 1.29 is 13.2 Å². The van der Waals surface area contributed by atoms with Gasteiger partial charge in [-0.2, -0.15) is 13.2 Å². The highest BCUT2D eigenvalue weighted by Crippen LogP contribution is 2.22. The van der Waals surface area contributed by atoms with Gasteiger partial charge in [0.15, 0.2) is 0 Å². The molecule has 92 valence electrons. The minimum absolute atomic E-state index is 0.162. The lowest BCUT2D eigenvalue weighted by Crippen LogP contribution is -2.15. The van der Waals surface area contributed by atoms with E-state index in [9.17, 15) is 13.2 Å². The van der Waals surface area contributed by atoms with E-state index in [0.717, 1.165) is 5.01 Å².